The molecule has 3 heterocycles. The minimum absolute atomic E-state index is 0.0593. The number of aliphatic hydroxyl groups excluding tert-OH is 2. The minimum atomic E-state index is -0.473. The van der Waals surface area contributed by atoms with Gasteiger partial charge in [-0.3, -0.25) is 20.2 Å². The third kappa shape index (κ3) is 5.55. The normalized spacial score (nSPS) is 10.8. The van der Waals surface area contributed by atoms with E-state index in [4.69, 9.17) is 4.98 Å². The fraction of sp³-hybridized carbons (Fsp3) is 0.0690. The molecular weight excluding hydrogens is 514 g/mol. The Bertz CT molecular complexity index is 1630. The highest BCUT2D eigenvalue weighted by Gasteiger charge is 2.14. The molecule has 0 aliphatic heterocycles. The van der Waals surface area contributed by atoms with E-state index in [9.17, 15) is 30.4 Å². The van der Waals surface area contributed by atoms with Crippen LogP contribution in [-0.4, -0.2) is 35.0 Å². The summed E-state index contributed by atoms with van der Waals surface area (Å²) in [6, 6.07) is 24.4. The molecule has 5 rings (SSSR count). The number of rotatable bonds is 8. The number of aliphatic hydroxyl groups is 2. The van der Waals surface area contributed by atoms with E-state index < -0.39 is 9.85 Å². The average Bonchev–Trinajstić information content (AvgIpc) is 3.00. The van der Waals surface area contributed by atoms with Gasteiger partial charge in [-0.1, -0.05) is 30.3 Å². The predicted octanol–water partition coefficient (Wildman–Crippen LogP) is 5.34. The Morgan fingerprint density at radius 1 is 0.525 bits per heavy atom. The number of nitro benzene ring substituents is 2. The zero-order chi connectivity index (χ0) is 28.2. The number of non-ortho nitro benzene ring substituents is 2. The minimum Gasteiger partial charge on any atom is -0.390 e. The summed E-state index contributed by atoms with van der Waals surface area (Å²) in [5, 5.41) is 42.2. The standard InChI is InChI=1S/C29H21N5O6/c35-16-22-10-20(18-4-1-6-24(12-18)33(37)38)14-28(30-22)26-8-3-9-27(32-26)29-15-21(11-23(17-36)31-29)19-5-2-7-25(13-19)34(39)40/h1-15,35-36H,16-17H2. The number of nitro groups is 2. The van der Waals surface area contributed by atoms with Gasteiger partial charge in [0.25, 0.3) is 11.4 Å². The summed E-state index contributed by atoms with van der Waals surface area (Å²) in [4.78, 5) is 35.3. The van der Waals surface area contributed by atoms with Crippen molar-refractivity contribution in [2.75, 3.05) is 0 Å². The van der Waals surface area contributed by atoms with Crippen LogP contribution < -0.4 is 0 Å². The molecule has 198 valence electrons. The molecule has 3 aromatic heterocycles. The first-order valence-corrected chi connectivity index (χ1v) is 12.1. The fourth-order valence-corrected chi connectivity index (χ4v) is 4.25. The number of benzene rings is 2. The molecule has 0 fully saturated rings. The Labute approximate surface area is 227 Å². The fourth-order valence-electron chi connectivity index (χ4n) is 4.25. The van der Waals surface area contributed by atoms with Crippen LogP contribution in [0, 0.1) is 20.2 Å². The van der Waals surface area contributed by atoms with E-state index in [1.165, 1.54) is 24.3 Å². The number of nitrogens with zero attached hydrogens (tertiary/aromatic N) is 5. The molecule has 0 saturated carbocycles. The summed E-state index contributed by atoms with van der Waals surface area (Å²) in [6.45, 7) is -0.690. The molecule has 11 heteroatoms. The van der Waals surface area contributed by atoms with Crippen molar-refractivity contribution in [1.82, 2.24) is 15.0 Å². The molecule has 0 saturated heterocycles. The Kier molecular flexibility index (Phi) is 7.31. The first-order valence-electron chi connectivity index (χ1n) is 12.1. The number of hydrogen-bond donors (Lipinski definition) is 2. The molecule has 0 bridgehead atoms. The average molecular weight is 536 g/mol. The molecule has 40 heavy (non-hydrogen) atoms. The molecule has 0 aliphatic carbocycles. The number of pyridine rings is 3. The number of aromatic nitrogens is 3. The van der Waals surface area contributed by atoms with Crippen molar-refractivity contribution in [2.24, 2.45) is 0 Å². The van der Waals surface area contributed by atoms with Crippen LogP contribution in [0.4, 0.5) is 11.4 Å². The van der Waals surface area contributed by atoms with Crippen LogP contribution >= 0.6 is 0 Å². The summed E-state index contributed by atoms with van der Waals surface area (Å²) < 4.78 is 0. The van der Waals surface area contributed by atoms with Crippen LogP contribution in [-0.2, 0) is 13.2 Å². The van der Waals surface area contributed by atoms with Gasteiger partial charge < -0.3 is 10.2 Å². The van der Waals surface area contributed by atoms with E-state index in [2.05, 4.69) is 9.97 Å². The Balaban J connectivity index is 1.58. The van der Waals surface area contributed by atoms with Gasteiger partial charge in [0.05, 0.1) is 57.2 Å². The van der Waals surface area contributed by atoms with E-state index in [1.54, 1.807) is 66.7 Å². The zero-order valence-corrected chi connectivity index (χ0v) is 20.8. The third-order valence-corrected chi connectivity index (χ3v) is 6.14. The largest absolute Gasteiger partial charge is 0.390 e. The van der Waals surface area contributed by atoms with Crippen LogP contribution in [0.3, 0.4) is 0 Å². The second-order valence-electron chi connectivity index (χ2n) is 8.80. The smallest absolute Gasteiger partial charge is 0.270 e. The van der Waals surface area contributed by atoms with Gasteiger partial charge in [-0.15, -0.1) is 0 Å². The molecule has 5 aromatic rings. The number of hydrogen-bond acceptors (Lipinski definition) is 9. The molecule has 0 unspecified atom stereocenters. The second kappa shape index (κ2) is 11.2. The van der Waals surface area contributed by atoms with Gasteiger partial charge in [0.15, 0.2) is 0 Å². The second-order valence-corrected chi connectivity index (χ2v) is 8.80. The first kappa shape index (κ1) is 26.2. The van der Waals surface area contributed by atoms with Gasteiger partial charge in [-0.25, -0.2) is 15.0 Å². The van der Waals surface area contributed by atoms with E-state index in [0.29, 0.717) is 56.4 Å². The highest BCUT2D eigenvalue weighted by Crippen LogP contribution is 2.31. The predicted molar refractivity (Wildman–Crippen MR) is 147 cm³/mol. The molecule has 11 nitrogen and oxygen atoms in total. The lowest BCUT2D eigenvalue weighted by atomic mass is 10.0. The van der Waals surface area contributed by atoms with Crippen molar-refractivity contribution in [3.05, 3.63) is 123 Å². The van der Waals surface area contributed by atoms with Crippen LogP contribution in [0.25, 0.3) is 45.0 Å². The summed E-state index contributed by atoms with van der Waals surface area (Å²) in [5.74, 6) is 0. The molecular formula is C29H21N5O6. The van der Waals surface area contributed by atoms with Crippen LogP contribution in [0.15, 0.2) is 91.0 Å². The molecule has 0 amide bonds. The summed E-state index contributed by atoms with van der Waals surface area (Å²) >= 11 is 0. The van der Waals surface area contributed by atoms with Gasteiger partial charge >= 0.3 is 0 Å². The third-order valence-electron chi connectivity index (χ3n) is 6.14. The molecule has 0 aliphatic rings. The molecule has 2 N–H and O–H groups in total. The molecule has 0 radical (unpaired) electrons. The lowest BCUT2D eigenvalue weighted by Gasteiger charge is -2.11. The first-order chi connectivity index (χ1) is 19.3. The van der Waals surface area contributed by atoms with Crippen LogP contribution in [0.1, 0.15) is 11.4 Å². The highest BCUT2D eigenvalue weighted by atomic mass is 16.6. The van der Waals surface area contributed by atoms with Gasteiger partial charge in [0, 0.05) is 24.3 Å². The lowest BCUT2D eigenvalue weighted by molar-refractivity contribution is -0.385. The van der Waals surface area contributed by atoms with Crippen LogP contribution in [0.2, 0.25) is 0 Å². The topological polar surface area (TPSA) is 165 Å². The van der Waals surface area contributed by atoms with Crippen molar-refractivity contribution in [3.63, 3.8) is 0 Å². The molecule has 0 atom stereocenters. The van der Waals surface area contributed by atoms with Crippen molar-refractivity contribution >= 4 is 11.4 Å². The van der Waals surface area contributed by atoms with Gasteiger partial charge in [0.2, 0.25) is 0 Å². The van der Waals surface area contributed by atoms with E-state index in [0.717, 1.165) is 0 Å². The van der Waals surface area contributed by atoms with Crippen molar-refractivity contribution < 1.29 is 20.1 Å². The van der Waals surface area contributed by atoms with Crippen molar-refractivity contribution in [1.29, 1.82) is 0 Å². The Hall–Kier alpha value is -5.39. The maximum atomic E-state index is 11.3. The van der Waals surface area contributed by atoms with Gasteiger partial charge in [0.1, 0.15) is 0 Å². The summed E-state index contributed by atoms with van der Waals surface area (Å²) in [6.07, 6.45) is 0. The quantitative estimate of drug-likeness (QED) is 0.197. The SMILES string of the molecule is O=[N+]([O-])c1cccc(-c2cc(CO)nc(-c3cccc(-c4cc(-c5cccc([N+](=O)[O-])c5)cc(CO)n4)n3)c2)c1. The van der Waals surface area contributed by atoms with Crippen molar-refractivity contribution in [3.8, 4) is 45.0 Å². The lowest BCUT2D eigenvalue weighted by Crippen LogP contribution is -1.99. The molecule has 0 spiro atoms. The van der Waals surface area contributed by atoms with Crippen LogP contribution in [0.5, 0.6) is 0 Å². The summed E-state index contributed by atoms with van der Waals surface area (Å²) in [5.41, 5.74) is 4.83. The van der Waals surface area contributed by atoms with E-state index in [-0.39, 0.29) is 24.6 Å². The Morgan fingerprint density at radius 3 is 1.35 bits per heavy atom. The molecule has 2 aromatic carbocycles. The summed E-state index contributed by atoms with van der Waals surface area (Å²) in [7, 11) is 0. The monoisotopic (exact) mass is 535 g/mol. The zero-order valence-electron chi connectivity index (χ0n) is 20.8. The van der Waals surface area contributed by atoms with E-state index >= 15 is 0 Å². The maximum absolute atomic E-state index is 11.3. The van der Waals surface area contributed by atoms with Gasteiger partial charge in [-0.2, -0.15) is 0 Å². The Morgan fingerprint density at radius 2 is 0.950 bits per heavy atom. The van der Waals surface area contributed by atoms with Gasteiger partial charge in [-0.05, 0) is 58.7 Å². The highest BCUT2D eigenvalue weighted by molar-refractivity contribution is 5.74. The van der Waals surface area contributed by atoms with E-state index in [1.807, 2.05) is 0 Å². The maximum Gasteiger partial charge on any atom is 0.270 e. The van der Waals surface area contributed by atoms with Crippen molar-refractivity contribution in [2.45, 2.75) is 13.2 Å².